The highest BCUT2D eigenvalue weighted by atomic mass is 15.2. The first-order valence-electron chi connectivity index (χ1n) is 6.50. The second-order valence-electron chi connectivity index (χ2n) is 4.39. The smallest absolute Gasteiger partial charge is 0.203 e. The Morgan fingerprint density at radius 3 is 2.76 bits per heavy atom. The highest BCUT2D eigenvalue weighted by Crippen LogP contribution is 2.20. The van der Waals surface area contributed by atoms with E-state index in [0.29, 0.717) is 0 Å². The van der Waals surface area contributed by atoms with Crippen LogP contribution in [0.3, 0.4) is 0 Å². The van der Waals surface area contributed by atoms with Crippen LogP contribution in [-0.4, -0.2) is 16.6 Å². The van der Waals surface area contributed by atoms with Gasteiger partial charge in [-0.2, -0.15) is 0 Å². The molecule has 0 bridgehead atoms. The molecular formula is C14H21N3. The topological polar surface area (TPSA) is 29.9 Å². The van der Waals surface area contributed by atoms with Crippen molar-refractivity contribution in [3.63, 3.8) is 0 Å². The van der Waals surface area contributed by atoms with Crippen LogP contribution in [0.2, 0.25) is 0 Å². The summed E-state index contributed by atoms with van der Waals surface area (Å²) in [5.74, 6) is 0.975. The summed E-state index contributed by atoms with van der Waals surface area (Å²) < 4.78 is 2.28. The van der Waals surface area contributed by atoms with Crippen molar-refractivity contribution in [2.75, 3.05) is 12.4 Å². The van der Waals surface area contributed by atoms with Crippen molar-refractivity contribution in [3.05, 3.63) is 24.3 Å². The van der Waals surface area contributed by atoms with Gasteiger partial charge in [0.25, 0.3) is 0 Å². The van der Waals surface area contributed by atoms with Crippen LogP contribution >= 0.6 is 0 Å². The van der Waals surface area contributed by atoms with Crippen molar-refractivity contribution >= 4 is 17.0 Å². The number of hydrogen-bond donors (Lipinski definition) is 1. The normalized spacial score (nSPS) is 10.9. The van der Waals surface area contributed by atoms with E-state index in [9.17, 15) is 0 Å². The van der Waals surface area contributed by atoms with E-state index in [-0.39, 0.29) is 0 Å². The Balaban J connectivity index is 2.18. The van der Waals surface area contributed by atoms with Crippen LogP contribution in [0.4, 0.5) is 5.95 Å². The van der Waals surface area contributed by atoms with Crippen molar-refractivity contribution in [1.82, 2.24) is 9.55 Å². The van der Waals surface area contributed by atoms with Gasteiger partial charge in [-0.3, -0.25) is 0 Å². The number of anilines is 1. The largest absolute Gasteiger partial charge is 0.359 e. The molecule has 0 amide bonds. The molecule has 0 fully saturated rings. The summed E-state index contributed by atoms with van der Waals surface area (Å²) in [6, 6.07) is 8.32. The van der Waals surface area contributed by atoms with Gasteiger partial charge in [0, 0.05) is 13.6 Å². The summed E-state index contributed by atoms with van der Waals surface area (Å²) in [6.45, 7) is 3.29. The second kappa shape index (κ2) is 5.71. The van der Waals surface area contributed by atoms with Gasteiger partial charge >= 0.3 is 0 Å². The van der Waals surface area contributed by atoms with Crippen molar-refractivity contribution in [1.29, 1.82) is 0 Å². The average molecular weight is 231 g/mol. The van der Waals surface area contributed by atoms with Gasteiger partial charge in [-0.1, -0.05) is 38.3 Å². The zero-order valence-corrected chi connectivity index (χ0v) is 10.7. The molecule has 2 rings (SSSR count). The first-order valence-corrected chi connectivity index (χ1v) is 6.50. The van der Waals surface area contributed by atoms with E-state index in [1.54, 1.807) is 0 Å². The van der Waals surface area contributed by atoms with E-state index in [0.717, 1.165) is 18.0 Å². The predicted molar refractivity (Wildman–Crippen MR) is 73.4 cm³/mol. The van der Waals surface area contributed by atoms with Gasteiger partial charge in [-0.05, 0) is 18.6 Å². The summed E-state index contributed by atoms with van der Waals surface area (Å²) in [7, 11) is 1.93. The molecule has 0 saturated heterocycles. The van der Waals surface area contributed by atoms with Gasteiger partial charge in [0.15, 0.2) is 0 Å². The van der Waals surface area contributed by atoms with Crippen LogP contribution in [-0.2, 0) is 6.54 Å². The zero-order valence-electron chi connectivity index (χ0n) is 10.7. The van der Waals surface area contributed by atoms with Crippen LogP contribution in [0.5, 0.6) is 0 Å². The Hall–Kier alpha value is -1.51. The second-order valence-corrected chi connectivity index (χ2v) is 4.39. The van der Waals surface area contributed by atoms with E-state index in [1.165, 1.54) is 31.2 Å². The Morgan fingerprint density at radius 1 is 1.18 bits per heavy atom. The fraction of sp³-hybridized carbons (Fsp3) is 0.500. The van der Waals surface area contributed by atoms with Gasteiger partial charge in [-0.25, -0.2) is 4.98 Å². The predicted octanol–water partition coefficient (Wildman–Crippen LogP) is 3.66. The lowest BCUT2D eigenvalue weighted by Gasteiger charge is -2.08. The molecule has 0 spiro atoms. The first kappa shape index (κ1) is 12.0. The molecule has 0 aliphatic rings. The molecule has 1 N–H and O–H groups in total. The third-order valence-corrected chi connectivity index (χ3v) is 3.11. The number of unbranched alkanes of at least 4 members (excludes halogenated alkanes) is 3. The number of aromatic nitrogens is 2. The molecule has 0 unspecified atom stereocenters. The first-order chi connectivity index (χ1) is 8.36. The van der Waals surface area contributed by atoms with E-state index in [4.69, 9.17) is 0 Å². The number of imidazole rings is 1. The minimum atomic E-state index is 0.975. The number of benzene rings is 1. The average Bonchev–Trinajstić information content (AvgIpc) is 2.73. The Bertz CT molecular complexity index is 473. The Labute approximate surface area is 103 Å². The summed E-state index contributed by atoms with van der Waals surface area (Å²) in [5.41, 5.74) is 2.31. The van der Waals surface area contributed by atoms with Crippen LogP contribution in [0.25, 0.3) is 11.0 Å². The lowest BCUT2D eigenvalue weighted by molar-refractivity contribution is 0.594. The maximum absolute atomic E-state index is 4.58. The Morgan fingerprint density at radius 2 is 2.00 bits per heavy atom. The van der Waals surface area contributed by atoms with Crippen molar-refractivity contribution in [2.24, 2.45) is 0 Å². The number of nitrogens with zero attached hydrogens (tertiary/aromatic N) is 2. The van der Waals surface area contributed by atoms with Gasteiger partial charge in [0.05, 0.1) is 11.0 Å². The van der Waals surface area contributed by atoms with E-state index >= 15 is 0 Å². The van der Waals surface area contributed by atoms with E-state index in [2.05, 4.69) is 40.0 Å². The number of fused-ring (bicyclic) bond motifs is 1. The third kappa shape index (κ3) is 2.60. The number of hydrogen-bond acceptors (Lipinski definition) is 2. The molecular weight excluding hydrogens is 210 g/mol. The standard InChI is InChI=1S/C14H21N3/c1-3-4-5-8-11-17-13-10-7-6-9-12(13)16-14(17)15-2/h6-7,9-10H,3-5,8,11H2,1-2H3,(H,15,16). The molecule has 2 aromatic rings. The van der Waals surface area contributed by atoms with Crippen molar-refractivity contribution in [3.8, 4) is 0 Å². The molecule has 92 valence electrons. The summed E-state index contributed by atoms with van der Waals surface area (Å²) in [6.07, 6.45) is 5.13. The van der Waals surface area contributed by atoms with E-state index < -0.39 is 0 Å². The van der Waals surface area contributed by atoms with Crippen LogP contribution in [0, 0.1) is 0 Å². The maximum Gasteiger partial charge on any atom is 0.203 e. The highest BCUT2D eigenvalue weighted by molar-refractivity contribution is 5.78. The van der Waals surface area contributed by atoms with Crippen LogP contribution in [0.1, 0.15) is 32.6 Å². The molecule has 3 nitrogen and oxygen atoms in total. The van der Waals surface area contributed by atoms with Gasteiger partial charge in [-0.15, -0.1) is 0 Å². The van der Waals surface area contributed by atoms with Crippen molar-refractivity contribution in [2.45, 2.75) is 39.2 Å². The lowest BCUT2D eigenvalue weighted by Crippen LogP contribution is -2.03. The Kier molecular flexibility index (Phi) is 4.02. The molecule has 17 heavy (non-hydrogen) atoms. The van der Waals surface area contributed by atoms with Gasteiger partial charge in [0.1, 0.15) is 0 Å². The fourth-order valence-corrected chi connectivity index (χ4v) is 2.19. The van der Waals surface area contributed by atoms with Gasteiger partial charge in [0.2, 0.25) is 5.95 Å². The molecule has 0 aliphatic heterocycles. The summed E-state index contributed by atoms with van der Waals surface area (Å²) in [4.78, 5) is 4.58. The zero-order chi connectivity index (χ0) is 12.1. The SMILES string of the molecule is CCCCCCn1c(NC)nc2ccccc21. The molecule has 0 saturated carbocycles. The van der Waals surface area contributed by atoms with Crippen LogP contribution < -0.4 is 5.32 Å². The minimum absolute atomic E-state index is 0.975. The molecule has 1 aromatic heterocycles. The molecule has 3 heteroatoms. The summed E-state index contributed by atoms with van der Waals surface area (Å²) in [5, 5.41) is 3.18. The quantitative estimate of drug-likeness (QED) is 0.769. The lowest BCUT2D eigenvalue weighted by atomic mass is 10.2. The fourth-order valence-electron chi connectivity index (χ4n) is 2.19. The number of nitrogens with one attached hydrogen (secondary N) is 1. The molecule has 1 heterocycles. The summed E-state index contributed by atoms with van der Waals surface area (Å²) >= 11 is 0. The third-order valence-electron chi connectivity index (χ3n) is 3.11. The highest BCUT2D eigenvalue weighted by Gasteiger charge is 2.07. The molecule has 1 aromatic carbocycles. The number of para-hydroxylation sites is 2. The van der Waals surface area contributed by atoms with Gasteiger partial charge < -0.3 is 9.88 Å². The molecule has 0 radical (unpaired) electrons. The molecule has 0 atom stereocenters. The van der Waals surface area contributed by atoms with Crippen molar-refractivity contribution < 1.29 is 0 Å². The minimum Gasteiger partial charge on any atom is -0.359 e. The maximum atomic E-state index is 4.58. The number of aryl methyl sites for hydroxylation is 1. The monoisotopic (exact) mass is 231 g/mol. The number of rotatable bonds is 6. The molecule has 0 aliphatic carbocycles. The van der Waals surface area contributed by atoms with Crippen LogP contribution in [0.15, 0.2) is 24.3 Å². The van der Waals surface area contributed by atoms with E-state index in [1.807, 2.05) is 13.1 Å².